The van der Waals surface area contributed by atoms with Crippen LogP contribution in [0.3, 0.4) is 0 Å². The molecule has 688 valence electrons. The van der Waals surface area contributed by atoms with Gasteiger partial charge in [-0.15, -0.1) is 0 Å². The number of allylic oxidation sites excluding steroid dienone is 3. The van der Waals surface area contributed by atoms with Crippen molar-refractivity contribution in [3.8, 4) is 0 Å². The Hall–Kier alpha value is -3.31. The maximum atomic E-state index is 13.6. The highest BCUT2D eigenvalue weighted by atomic mass is 16.8. The van der Waals surface area contributed by atoms with E-state index >= 15 is 0 Å². The molecule has 118 heavy (non-hydrogen) atoms. The molecule has 12 unspecified atom stereocenters. The number of nitrogens with one attached hydrogen (secondary N) is 3. The van der Waals surface area contributed by atoms with Crippen molar-refractivity contribution < 1.29 is 163 Å². The number of carbonyl (C=O) groups excluding carboxylic acids is 3. The van der Waals surface area contributed by atoms with Gasteiger partial charge in [0, 0.05) is 20.3 Å². The molecular weight excluding hydrogens is 1550 g/mol. The summed E-state index contributed by atoms with van der Waals surface area (Å²) in [6.07, 6.45) is -12.5. The molecule has 6 saturated heterocycles. The van der Waals surface area contributed by atoms with Crippen LogP contribution < -0.4 is 16.0 Å². The number of amides is 3. The molecule has 0 saturated carbocycles. The summed E-state index contributed by atoms with van der Waals surface area (Å²) in [5.74, 6) is -2.06. The number of aliphatic hydroxyl groups is 18. The van der Waals surface area contributed by atoms with E-state index in [0.717, 1.165) is 71.6 Å². The van der Waals surface area contributed by atoms with Gasteiger partial charge >= 0.3 is 0 Å². The maximum Gasteiger partial charge on any atom is 0.220 e. The minimum Gasteiger partial charge on any atom is -0.394 e. The molecule has 0 aliphatic carbocycles. The Morgan fingerprint density at radius 2 is 0.661 bits per heavy atom. The van der Waals surface area contributed by atoms with Gasteiger partial charge in [-0.3, -0.25) is 14.4 Å². The zero-order valence-corrected chi connectivity index (χ0v) is 69.5. The fraction of sp³-hybridized carbons (Fsp3) is 0.915. The Labute approximate surface area is 694 Å². The van der Waals surface area contributed by atoms with E-state index in [-0.39, 0.29) is 12.3 Å². The molecule has 36 nitrogen and oxygen atoms in total. The van der Waals surface area contributed by atoms with Gasteiger partial charge in [0.25, 0.3) is 0 Å². The normalized spacial score (nSPS) is 36.0. The van der Waals surface area contributed by atoms with E-state index in [1.807, 2.05) is 6.08 Å². The minimum atomic E-state index is -2.37. The summed E-state index contributed by atoms with van der Waals surface area (Å²) >= 11 is 0. The molecule has 36 heteroatoms. The summed E-state index contributed by atoms with van der Waals surface area (Å²) in [5.41, 5.74) is 0. The third kappa shape index (κ3) is 32.6. The van der Waals surface area contributed by atoms with Crippen molar-refractivity contribution in [1.29, 1.82) is 0 Å². The second kappa shape index (κ2) is 56.6. The van der Waals surface area contributed by atoms with Crippen molar-refractivity contribution in [2.75, 3.05) is 46.2 Å². The minimum absolute atomic E-state index is 0.167. The first-order valence-corrected chi connectivity index (χ1v) is 43.6. The molecule has 3 amide bonds. The van der Waals surface area contributed by atoms with E-state index in [2.05, 4.69) is 41.9 Å². The van der Waals surface area contributed by atoms with Gasteiger partial charge in [-0.2, -0.15) is 0 Å². The molecule has 32 atom stereocenters. The third-order valence-electron chi connectivity index (χ3n) is 22.9. The topological polar surface area (TPSA) is 562 Å². The number of carbonyl (C=O) groups is 3. The largest absolute Gasteiger partial charge is 0.394 e. The van der Waals surface area contributed by atoms with Crippen LogP contribution in [0.2, 0.25) is 0 Å². The molecule has 0 radical (unpaired) electrons. The van der Waals surface area contributed by atoms with Crippen LogP contribution in [0.25, 0.3) is 0 Å². The highest BCUT2D eigenvalue weighted by molar-refractivity contribution is 5.76. The highest BCUT2D eigenvalue weighted by Crippen LogP contribution is 2.39. The molecular formula is C82H147N3O33. The fourth-order valence-electron chi connectivity index (χ4n) is 15.9. The van der Waals surface area contributed by atoms with Gasteiger partial charge in [0.15, 0.2) is 37.7 Å². The maximum absolute atomic E-state index is 13.6. The Morgan fingerprint density at radius 3 is 1.12 bits per heavy atom. The summed E-state index contributed by atoms with van der Waals surface area (Å²) < 4.78 is 72.1. The van der Waals surface area contributed by atoms with Crippen LogP contribution in [0.5, 0.6) is 0 Å². The van der Waals surface area contributed by atoms with E-state index in [0.29, 0.717) is 12.8 Å². The number of hydrogen-bond acceptors (Lipinski definition) is 33. The average molecular weight is 1700 g/mol. The van der Waals surface area contributed by atoms with Crippen LogP contribution in [0.1, 0.15) is 233 Å². The van der Waals surface area contributed by atoms with E-state index in [9.17, 15) is 106 Å². The molecule has 21 N–H and O–H groups in total. The standard InChI is InChI=1S/C82H147N3O33/c1-5-7-9-11-13-15-17-19-20-21-22-23-24-25-26-28-30-32-34-36-38-40-58(95)85-50(51(94)39-37-35-33-31-29-27-18-16-14-12-10-8-6-2)47-107-79-69(104)66(101)72(55(44-89)111-79)114-81-70(105)67(102)73(56(45-90)112-81)115-82-71(106)76(118-77-59(83-48(3)92)64(99)61(96)52(41-86)108-77)74(57(46-91)113-82)116-78-60(84-49(4)93)75(63(98)54(43-88)109-78)117-80-68(103)65(100)62(97)53(42-87)110-80/h19-20,37,39,50-57,59-82,86-91,94,96-106H,5-18,21-36,38,40-47H2,1-4H3,(H,83,92)(H,84,93)(H,85,95)/b20-19-,39-37+/t50-,51+,52?,53?,54?,55?,56?,57?,59?,60?,61-,62-,63-,64+,65-,66+,67+,68?,69?,70?,71?,72+,73-,74-,75+,76+,77-,78-,79+,80-,81-,82-/m0/s1. The van der Waals surface area contributed by atoms with E-state index < -0.39 is 254 Å². The Kier molecular flexibility index (Phi) is 49.6. The quantitative estimate of drug-likeness (QED) is 0.0274. The first-order valence-electron chi connectivity index (χ1n) is 43.6. The van der Waals surface area contributed by atoms with E-state index in [1.54, 1.807) is 6.08 Å². The highest BCUT2D eigenvalue weighted by Gasteiger charge is 2.59. The Balaban J connectivity index is 1.11. The van der Waals surface area contributed by atoms with Crippen molar-refractivity contribution in [3.05, 3.63) is 24.3 Å². The lowest BCUT2D eigenvalue weighted by Crippen LogP contribution is -2.71. The zero-order valence-electron chi connectivity index (χ0n) is 69.5. The fourth-order valence-corrected chi connectivity index (χ4v) is 15.9. The molecule has 0 aromatic rings. The van der Waals surface area contributed by atoms with Crippen LogP contribution in [0.15, 0.2) is 24.3 Å². The second-order valence-electron chi connectivity index (χ2n) is 32.4. The summed E-state index contributed by atoms with van der Waals surface area (Å²) in [5, 5.41) is 209. The van der Waals surface area contributed by atoms with Gasteiger partial charge in [0.05, 0.1) is 58.4 Å². The molecule has 6 heterocycles. The van der Waals surface area contributed by atoms with Crippen LogP contribution >= 0.6 is 0 Å². The average Bonchev–Trinajstić information content (AvgIpc) is 0.766. The number of aliphatic hydroxyl groups excluding tert-OH is 18. The lowest BCUT2D eigenvalue weighted by atomic mass is 9.93. The summed E-state index contributed by atoms with van der Waals surface area (Å²) in [6.45, 7) is -0.131. The van der Waals surface area contributed by atoms with Crippen LogP contribution in [0, 0.1) is 0 Å². The molecule has 6 rings (SSSR count). The Bertz CT molecular complexity index is 2750. The van der Waals surface area contributed by atoms with E-state index in [4.69, 9.17) is 56.8 Å². The molecule has 0 aromatic heterocycles. The van der Waals surface area contributed by atoms with Crippen molar-refractivity contribution in [3.63, 3.8) is 0 Å². The molecule has 0 bridgehead atoms. The number of hydrogen-bond donors (Lipinski definition) is 21. The van der Waals surface area contributed by atoms with Gasteiger partial charge in [-0.1, -0.05) is 192 Å². The van der Waals surface area contributed by atoms with Crippen molar-refractivity contribution in [1.82, 2.24) is 16.0 Å². The predicted molar refractivity (Wildman–Crippen MR) is 421 cm³/mol. The monoisotopic (exact) mass is 1700 g/mol. The van der Waals surface area contributed by atoms with Crippen molar-refractivity contribution in [2.45, 2.75) is 429 Å². The SMILES string of the molecule is CCCCCCCC/C=C\CCCCCCCCCCCCCC(=O)N[C@@H](CO[C@@H]1OC(CO)[C@@H](O[C@@H]2OC(CO)[C@H](O[C@@H]3OC(CO)[C@H](O[C@@H]4OC(CO)[C@H](O)[C@H](O[C@@H]5OC(CO)[C@H](O)[C@H](O)C5O)C4NC(C)=O)[C@H](O[C@@H]4OC(CO)[C@H](O)[C@H](O)C4NC(C)=O)C3O)[C@H](O)C2O)[C@H](O)C1O)[C@H](O)/C=C/CCCCCCCCCCCCC. The number of unbranched alkanes of at least 4 members (excludes halogenated alkanes) is 28. The molecule has 6 aliphatic rings. The van der Waals surface area contributed by atoms with Gasteiger partial charge in [0.2, 0.25) is 17.7 Å². The van der Waals surface area contributed by atoms with Crippen LogP contribution in [-0.2, 0) is 71.2 Å². The first-order chi connectivity index (χ1) is 56.8. The van der Waals surface area contributed by atoms with Gasteiger partial charge in [0.1, 0.15) is 146 Å². The van der Waals surface area contributed by atoms with Crippen LogP contribution in [-0.4, -0.2) is 352 Å². The smallest absolute Gasteiger partial charge is 0.220 e. The summed E-state index contributed by atoms with van der Waals surface area (Å²) in [4.78, 5) is 39.3. The van der Waals surface area contributed by atoms with Gasteiger partial charge < -0.3 is 165 Å². The number of rotatable bonds is 57. The van der Waals surface area contributed by atoms with Gasteiger partial charge in [-0.25, -0.2) is 0 Å². The first kappa shape index (κ1) is 103. The molecule has 6 fully saturated rings. The summed E-state index contributed by atoms with van der Waals surface area (Å²) in [6, 6.07) is -4.66. The van der Waals surface area contributed by atoms with Gasteiger partial charge in [-0.05, 0) is 44.9 Å². The third-order valence-corrected chi connectivity index (χ3v) is 22.9. The molecule has 6 aliphatic heterocycles. The summed E-state index contributed by atoms with van der Waals surface area (Å²) in [7, 11) is 0. The molecule has 0 aromatic carbocycles. The van der Waals surface area contributed by atoms with Crippen LogP contribution in [0.4, 0.5) is 0 Å². The van der Waals surface area contributed by atoms with E-state index in [1.165, 1.54) is 128 Å². The Morgan fingerprint density at radius 1 is 0.331 bits per heavy atom. The second-order valence-corrected chi connectivity index (χ2v) is 32.4. The lowest BCUT2D eigenvalue weighted by molar-refractivity contribution is -0.399. The zero-order chi connectivity index (χ0) is 86.2. The number of ether oxygens (including phenoxy) is 12. The van der Waals surface area contributed by atoms with Crippen molar-refractivity contribution >= 4 is 17.7 Å². The predicted octanol–water partition coefficient (Wildman–Crippen LogP) is -0.307. The lowest BCUT2D eigenvalue weighted by Gasteiger charge is -2.52. The van der Waals surface area contributed by atoms with Crippen molar-refractivity contribution in [2.24, 2.45) is 0 Å². The molecule has 0 spiro atoms.